The molecule has 0 fully saturated rings. The first-order valence-corrected chi connectivity index (χ1v) is 6.35. The molecule has 0 amide bonds. The molecule has 2 aromatic rings. The summed E-state index contributed by atoms with van der Waals surface area (Å²) in [6.07, 6.45) is 0. The summed E-state index contributed by atoms with van der Waals surface area (Å²) < 4.78 is 5.56. The summed E-state index contributed by atoms with van der Waals surface area (Å²) in [5, 5.41) is 3.18. The highest BCUT2D eigenvalue weighted by Crippen LogP contribution is 2.19. The molecule has 0 aliphatic carbocycles. The molecule has 0 aliphatic rings. The quantitative estimate of drug-likeness (QED) is 0.835. The Hall–Kier alpha value is -1.95. The summed E-state index contributed by atoms with van der Waals surface area (Å²) in [5.74, 6) is 2.20. The van der Waals surface area contributed by atoms with Gasteiger partial charge in [0.05, 0.1) is 6.04 Å². The Labute approximate surface area is 117 Å². The monoisotopic (exact) mass is 276 g/mol. The highest BCUT2D eigenvalue weighted by Gasteiger charge is 2.12. The van der Waals surface area contributed by atoms with E-state index in [-0.39, 0.29) is 11.0 Å². The van der Waals surface area contributed by atoms with Gasteiger partial charge in [0, 0.05) is 5.69 Å². The number of nitrogens with zero attached hydrogens (tertiary/aromatic N) is 2. The first-order valence-electron chi connectivity index (χ1n) is 5.94. The van der Waals surface area contributed by atoms with Crippen molar-refractivity contribution in [3.8, 4) is 0 Å². The Morgan fingerprint density at radius 1 is 1.37 bits per heavy atom. The molecule has 3 N–H and O–H groups in total. The number of aryl methyl sites for hydroxylation is 2. The predicted molar refractivity (Wildman–Crippen MR) is 78.1 cm³/mol. The van der Waals surface area contributed by atoms with Crippen LogP contribution in [0.5, 0.6) is 0 Å². The molecule has 100 valence electrons. The van der Waals surface area contributed by atoms with Crippen molar-refractivity contribution in [3.05, 3.63) is 41.1 Å². The van der Waals surface area contributed by atoms with Gasteiger partial charge >= 0.3 is 0 Å². The normalized spacial score (nSPS) is 12.2. The average molecular weight is 276 g/mol. The van der Waals surface area contributed by atoms with E-state index in [0.717, 1.165) is 17.2 Å². The smallest absolute Gasteiger partial charge is 0.224 e. The third-order valence-corrected chi connectivity index (χ3v) is 2.85. The highest BCUT2D eigenvalue weighted by atomic mass is 32.1. The zero-order valence-electron chi connectivity index (χ0n) is 11.1. The molecule has 5 nitrogen and oxygen atoms in total. The minimum atomic E-state index is -0.0327. The van der Waals surface area contributed by atoms with Crippen molar-refractivity contribution < 1.29 is 4.42 Å². The summed E-state index contributed by atoms with van der Waals surface area (Å²) >= 11 is 4.93. The summed E-state index contributed by atoms with van der Waals surface area (Å²) in [6.45, 7) is 5.76. The topological polar surface area (TPSA) is 77.0 Å². The molecular weight excluding hydrogens is 260 g/mol. The maximum absolute atomic E-state index is 5.59. The van der Waals surface area contributed by atoms with Crippen LogP contribution in [0.2, 0.25) is 0 Å². The zero-order valence-corrected chi connectivity index (χ0v) is 11.9. The van der Waals surface area contributed by atoms with Gasteiger partial charge in [-0.25, -0.2) is 9.97 Å². The summed E-state index contributed by atoms with van der Waals surface area (Å²) in [7, 11) is 0. The third kappa shape index (κ3) is 3.29. The standard InChI is InChI=1S/C13H16N4OS/c1-7-6-10(12(14)19)17-13(15-7)16-9(3)11-5-4-8(2)18-11/h4-6,9H,1-3H3,(H2,14,19)(H,15,16,17). The second-order valence-electron chi connectivity index (χ2n) is 4.40. The third-order valence-electron chi connectivity index (χ3n) is 2.64. The second-order valence-corrected chi connectivity index (χ2v) is 4.84. The van der Waals surface area contributed by atoms with Gasteiger partial charge in [-0.05, 0) is 39.0 Å². The number of thiocarbonyl (C=S) groups is 1. The van der Waals surface area contributed by atoms with Gasteiger partial charge < -0.3 is 15.5 Å². The van der Waals surface area contributed by atoms with Gasteiger partial charge in [-0.15, -0.1) is 0 Å². The van der Waals surface area contributed by atoms with Crippen molar-refractivity contribution in [2.75, 3.05) is 5.32 Å². The van der Waals surface area contributed by atoms with Gasteiger partial charge in [-0.3, -0.25) is 0 Å². The van der Waals surface area contributed by atoms with Gasteiger partial charge in [0.2, 0.25) is 5.95 Å². The Bertz CT molecular complexity index is 608. The van der Waals surface area contributed by atoms with Crippen molar-refractivity contribution in [1.82, 2.24) is 9.97 Å². The molecule has 19 heavy (non-hydrogen) atoms. The van der Waals surface area contributed by atoms with E-state index in [1.807, 2.05) is 32.9 Å². The Kier molecular flexibility index (Phi) is 3.80. The van der Waals surface area contributed by atoms with E-state index < -0.39 is 0 Å². The number of hydrogen-bond donors (Lipinski definition) is 2. The molecule has 0 aromatic carbocycles. The lowest BCUT2D eigenvalue weighted by molar-refractivity contribution is 0.466. The van der Waals surface area contributed by atoms with Crippen LogP contribution in [-0.2, 0) is 0 Å². The Morgan fingerprint density at radius 2 is 2.11 bits per heavy atom. The SMILES string of the molecule is Cc1cc(C(N)=S)nc(NC(C)c2ccc(C)o2)n1. The lowest BCUT2D eigenvalue weighted by Gasteiger charge is -2.12. The van der Waals surface area contributed by atoms with Crippen LogP contribution in [0.3, 0.4) is 0 Å². The van der Waals surface area contributed by atoms with Crippen LogP contribution in [0.4, 0.5) is 5.95 Å². The fourth-order valence-corrected chi connectivity index (χ4v) is 1.81. The maximum Gasteiger partial charge on any atom is 0.224 e. The van der Waals surface area contributed by atoms with Crippen molar-refractivity contribution in [2.45, 2.75) is 26.8 Å². The van der Waals surface area contributed by atoms with Crippen molar-refractivity contribution in [1.29, 1.82) is 0 Å². The van der Waals surface area contributed by atoms with Crippen LogP contribution < -0.4 is 11.1 Å². The summed E-state index contributed by atoms with van der Waals surface area (Å²) in [6, 6.07) is 5.58. The molecule has 0 spiro atoms. The molecule has 1 unspecified atom stereocenters. The molecule has 0 saturated carbocycles. The second kappa shape index (κ2) is 5.36. The van der Waals surface area contributed by atoms with E-state index in [4.69, 9.17) is 22.4 Å². The lowest BCUT2D eigenvalue weighted by Crippen LogP contribution is -2.16. The molecular formula is C13H16N4OS. The van der Waals surface area contributed by atoms with Crippen LogP contribution in [0.25, 0.3) is 0 Å². The van der Waals surface area contributed by atoms with Crippen LogP contribution in [0.1, 0.15) is 35.9 Å². The Morgan fingerprint density at radius 3 is 2.68 bits per heavy atom. The van der Waals surface area contributed by atoms with E-state index in [0.29, 0.717) is 11.6 Å². The van der Waals surface area contributed by atoms with Gasteiger partial charge in [-0.2, -0.15) is 0 Å². The van der Waals surface area contributed by atoms with Crippen LogP contribution in [-0.4, -0.2) is 15.0 Å². The molecule has 0 aliphatic heterocycles. The number of hydrogen-bond acceptors (Lipinski definition) is 5. The largest absolute Gasteiger partial charge is 0.464 e. The molecule has 2 rings (SSSR count). The molecule has 0 radical (unpaired) electrons. The van der Waals surface area contributed by atoms with Crippen molar-refractivity contribution in [3.63, 3.8) is 0 Å². The van der Waals surface area contributed by atoms with E-state index in [1.54, 1.807) is 6.07 Å². The van der Waals surface area contributed by atoms with E-state index in [9.17, 15) is 0 Å². The van der Waals surface area contributed by atoms with E-state index >= 15 is 0 Å². The highest BCUT2D eigenvalue weighted by molar-refractivity contribution is 7.80. The summed E-state index contributed by atoms with van der Waals surface area (Å²) in [5.41, 5.74) is 6.96. The predicted octanol–water partition coefficient (Wildman–Crippen LogP) is 2.49. The first-order chi connectivity index (χ1) is 8.95. The van der Waals surface area contributed by atoms with E-state index in [1.165, 1.54) is 0 Å². The molecule has 0 bridgehead atoms. The van der Waals surface area contributed by atoms with Crippen LogP contribution in [0, 0.1) is 13.8 Å². The number of furan rings is 1. The van der Waals surface area contributed by atoms with Gasteiger partial charge in [-0.1, -0.05) is 12.2 Å². The molecule has 2 heterocycles. The minimum absolute atomic E-state index is 0.0327. The van der Waals surface area contributed by atoms with Crippen molar-refractivity contribution >= 4 is 23.2 Å². The van der Waals surface area contributed by atoms with Crippen molar-refractivity contribution in [2.24, 2.45) is 5.73 Å². The van der Waals surface area contributed by atoms with Crippen LogP contribution >= 0.6 is 12.2 Å². The number of nitrogens with two attached hydrogens (primary N) is 1. The fourth-order valence-electron chi connectivity index (χ4n) is 1.71. The first kappa shape index (κ1) is 13.5. The lowest BCUT2D eigenvalue weighted by atomic mass is 10.2. The molecule has 1 atom stereocenters. The fraction of sp³-hybridized carbons (Fsp3) is 0.308. The number of anilines is 1. The number of nitrogens with one attached hydrogen (secondary N) is 1. The van der Waals surface area contributed by atoms with Crippen LogP contribution in [0.15, 0.2) is 22.6 Å². The van der Waals surface area contributed by atoms with Gasteiger partial charge in [0.1, 0.15) is 22.2 Å². The molecule has 6 heteroatoms. The number of aromatic nitrogens is 2. The maximum atomic E-state index is 5.59. The molecule has 2 aromatic heterocycles. The van der Waals surface area contributed by atoms with E-state index in [2.05, 4.69) is 15.3 Å². The van der Waals surface area contributed by atoms with Gasteiger partial charge in [0.15, 0.2) is 0 Å². The minimum Gasteiger partial charge on any atom is -0.464 e. The average Bonchev–Trinajstić information content (AvgIpc) is 2.75. The zero-order chi connectivity index (χ0) is 14.0. The van der Waals surface area contributed by atoms with Gasteiger partial charge in [0.25, 0.3) is 0 Å². The summed E-state index contributed by atoms with van der Waals surface area (Å²) in [4.78, 5) is 8.84. The number of rotatable bonds is 4. The Balaban J connectivity index is 2.21. The molecule has 0 saturated heterocycles.